The molecule has 1 N–H and O–H groups in total. The highest BCUT2D eigenvalue weighted by Gasteiger charge is 2.09. The highest BCUT2D eigenvalue weighted by Crippen LogP contribution is 2.09. The zero-order valence-electron chi connectivity index (χ0n) is 7.42. The van der Waals surface area contributed by atoms with Gasteiger partial charge in [-0.05, 0) is 31.4 Å². The molecule has 13 heavy (non-hydrogen) atoms. The van der Waals surface area contributed by atoms with Gasteiger partial charge in [-0.2, -0.15) is 0 Å². The summed E-state index contributed by atoms with van der Waals surface area (Å²) >= 11 is 0. The lowest BCUT2D eigenvalue weighted by molar-refractivity contribution is 0.738. The van der Waals surface area contributed by atoms with Gasteiger partial charge in [0.2, 0.25) is 0 Å². The summed E-state index contributed by atoms with van der Waals surface area (Å²) in [6.45, 7) is 0.865. The maximum absolute atomic E-state index is 11.4. The fraction of sp³-hybridized carbons (Fsp3) is 0.400. The van der Waals surface area contributed by atoms with Crippen molar-refractivity contribution in [2.45, 2.75) is 19.3 Å². The molecule has 1 aromatic heterocycles. The Hall–Kier alpha value is -1.38. The Kier molecular flexibility index (Phi) is 2.25. The van der Waals surface area contributed by atoms with Crippen LogP contribution in [0, 0.1) is 0 Å². The van der Waals surface area contributed by atoms with E-state index in [1.54, 1.807) is 6.20 Å². The van der Waals surface area contributed by atoms with Crippen molar-refractivity contribution in [3.63, 3.8) is 0 Å². The third-order valence-electron chi connectivity index (χ3n) is 2.25. The normalized spacial score (nSPS) is 16.8. The molecule has 3 nitrogen and oxygen atoms in total. The molecule has 0 fully saturated rings. The van der Waals surface area contributed by atoms with Gasteiger partial charge in [-0.15, -0.1) is 0 Å². The monoisotopic (exact) mass is 176 g/mol. The van der Waals surface area contributed by atoms with Crippen LogP contribution in [-0.2, 0) is 0 Å². The number of rotatable bonds is 1. The van der Waals surface area contributed by atoms with Crippen LogP contribution in [0.3, 0.4) is 0 Å². The fourth-order valence-corrected chi connectivity index (χ4v) is 1.57. The van der Waals surface area contributed by atoms with Crippen LogP contribution in [0.2, 0.25) is 0 Å². The van der Waals surface area contributed by atoms with Gasteiger partial charge < -0.3 is 4.98 Å². The molecule has 0 spiro atoms. The largest absolute Gasteiger partial charge is 0.329 e. The first-order valence-electron chi connectivity index (χ1n) is 4.59. The van der Waals surface area contributed by atoms with Crippen molar-refractivity contribution in [1.82, 2.24) is 4.98 Å². The lowest BCUT2D eigenvalue weighted by atomic mass is 10.0. The van der Waals surface area contributed by atoms with Gasteiger partial charge in [-0.3, -0.25) is 9.79 Å². The van der Waals surface area contributed by atoms with Crippen LogP contribution in [0.5, 0.6) is 0 Å². The summed E-state index contributed by atoms with van der Waals surface area (Å²) in [7, 11) is 0. The standard InChI is InChI=1S/C10H12N2O/c13-10-8(4-3-7-12-10)9-5-1-2-6-11-9/h3-4,7H,1-2,5-6H2,(H,12,13). The Morgan fingerprint density at radius 1 is 1.38 bits per heavy atom. The number of pyridine rings is 1. The smallest absolute Gasteiger partial charge is 0.257 e. The minimum absolute atomic E-state index is 0.0249. The third-order valence-corrected chi connectivity index (χ3v) is 2.25. The summed E-state index contributed by atoms with van der Waals surface area (Å²) in [6, 6.07) is 3.68. The minimum Gasteiger partial charge on any atom is -0.329 e. The molecule has 1 aliphatic heterocycles. The van der Waals surface area contributed by atoms with E-state index in [1.807, 2.05) is 12.1 Å². The molecule has 68 valence electrons. The van der Waals surface area contributed by atoms with Gasteiger partial charge >= 0.3 is 0 Å². The van der Waals surface area contributed by atoms with Gasteiger partial charge in [-0.25, -0.2) is 0 Å². The topological polar surface area (TPSA) is 45.2 Å². The third kappa shape index (κ3) is 1.69. The highest BCUT2D eigenvalue weighted by atomic mass is 16.1. The molecule has 0 saturated carbocycles. The molecule has 0 amide bonds. The average molecular weight is 176 g/mol. The van der Waals surface area contributed by atoms with Gasteiger partial charge in [0.1, 0.15) is 0 Å². The predicted molar refractivity (Wildman–Crippen MR) is 52.3 cm³/mol. The fourth-order valence-electron chi connectivity index (χ4n) is 1.57. The van der Waals surface area contributed by atoms with Crippen LogP contribution >= 0.6 is 0 Å². The lowest BCUT2D eigenvalue weighted by Gasteiger charge is -2.10. The molecule has 0 bridgehead atoms. The summed E-state index contributed by atoms with van der Waals surface area (Å²) < 4.78 is 0. The van der Waals surface area contributed by atoms with Crippen molar-refractivity contribution < 1.29 is 0 Å². The number of H-pyrrole nitrogens is 1. The summed E-state index contributed by atoms with van der Waals surface area (Å²) in [5.74, 6) is 0. The first-order chi connectivity index (χ1) is 6.38. The van der Waals surface area contributed by atoms with Gasteiger partial charge in [0.05, 0.1) is 5.56 Å². The number of nitrogens with one attached hydrogen (secondary N) is 1. The van der Waals surface area contributed by atoms with Crippen LogP contribution in [-0.4, -0.2) is 17.2 Å². The summed E-state index contributed by atoms with van der Waals surface area (Å²) in [5, 5.41) is 0. The molecule has 0 saturated heterocycles. The first kappa shape index (κ1) is 8.23. The van der Waals surface area contributed by atoms with Crippen molar-refractivity contribution in [2.75, 3.05) is 6.54 Å². The molecule has 0 aliphatic carbocycles. The Morgan fingerprint density at radius 3 is 3.00 bits per heavy atom. The van der Waals surface area contributed by atoms with Gasteiger partial charge in [0, 0.05) is 18.5 Å². The first-order valence-corrected chi connectivity index (χ1v) is 4.59. The zero-order chi connectivity index (χ0) is 9.10. The van der Waals surface area contributed by atoms with Crippen molar-refractivity contribution in [2.24, 2.45) is 4.99 Å². The molecule has 0 radical (unpaired) electrons. The second kappa shape index (κ2) is 3.56. The Labute approximate surface area is 76.5 Å². The van der Waals surface area contributed by atoms with Crippen molar-refractivity contribution in [1.29, 1.82) is 0 Å². The van der Waals surface area contributed by atoms with Crippen LogP contribution in [0.25, 0.3) is 0 Å². The van der Waals surface area contributed by atoms with Crippen molar-refractivity contribution in [3.05, 3.63) is 34.2 Å². The summed E-state index contributed by atoms with van der Waals surface area (Å²) in [5.41, 5.74) is 1.68. The predicted octanol–water partition coefficient (Wildman–Crippen LogP) is 1.35. The molecule has 3 heteroatoms. The SMILES string of the molecule is O=c1[nH]cccc1C1=NCCCC1. The van der Waals surface area contributed by atoms with E-state index in [-0.39, 0.29) is 5.56 Å². The maximum Gasteiger partial charge on any atom is 0.257 e. The van der Waals surface area contributed by atoms with Gasteiger partial charge in [-0.1, -0.05) is 0 Å². The Bertz CT molecular complexity index is 379. The van der Waals surface area contributed by atoms with E-state index in [9.17, 15) is 4.79 Å². The molecular formula is C10H12N2O. The van der Waals surface area contributed by atoms with Crippen LogP contribution in [0.15, 0.2) is 28.1 Å². The van der Waals surface area contributed by atoms with E-state index in [4.69, 9.17) is 0 Å². The molecule has 2 heterocycles. The molecule has 0 atom stereocenters. The maximum atomic E-state index is 11.4. The number of aliphatic imine (C=N–C) groups is 1. The number of hydrogen-bond acceptors (Lipinski definition) is 2. The Morgan fingerprint density at radius 2 is 2.31 bits per heavy atom. The molecule has 2 rings (SSSR count). The second-order valence-corrected chi connectivity index (χ2v) is 3.20. The molecule has 0 unspecified atom stereocenters. The van der Waals surface area contributed by atoms with Crippen LogP contribution in [0.1, 0.15) is 24.8 Å². The van der Waals surface area contributed by atoms with Gasteiger partial charge in [0.15, 0.2) is 0 Å². The Balaban J connectivity index is 2.40. The summed E-state index contributed by atoms with van der Waals surface area (Å²) in [6.07, 6.45) is 4.88. The zero-order valence-corrected chi connectivity index (χ0v) is 7.42. The van der Waals surface area contributed by atoms with Crippen LogP contribution < -0.4 is 5.56 Å². The molecule has 1 aromatic rings. The van der Waals surface area contributed by atoms with E-state index in [2.05, 4.69) is 9.98 Å². The molecule has 1 aliphatic rings. The van der Waals surface area contributed by atoms with E-state index in [0.29, 0.717) is 0 Å². The quantitative estimate of drug-likeness (QED) is 0.689. The number of nitrogens with zero attached hydrogens (tertiary/aromatic N) is 1. The van der Waals surface area contributed by atoms with E-state index in [1.165, 1.54) is 0 Å². The minimum atomic E-state index is -0.0249. The second-order valence-electron chi connectivity index (χ2n) is 3.20. The lowest BCUT2D eigenvalue weighted by Crippen LogP contribution is -2.19. The van der Waals surface area contributed by atoms with Crippen molar-refractivity contribution >= 4 is 5.71 Å². The van der Waals surface area contributed by atoms with E-state index in [0.717, 1.165) is 37.1 Å². The number of hydrogen-bond donors (Lipinski definition) is 1. The van der Waals surface area contributed by atoms with Gasteiger partial charge in [0.25, 0.3) is 5.56 Å². The van der Waals surface area contributed by atoms with E-state index >= 15 is 0 Å². The number of aromatic amines is 1. The summed E-state index contributed by atoms with van der Waals surface area (Å²) in [4.78, 5) is 18.4. The molecule has 0 aromatic carbocycles. The average Bonchev–Trinajstić information content (AvgIpc) is 2.20. The van der Waals surface area contributed by atoms with Crippen LogP contribution in [0.4, 0.5) is 0 Å². The molecular weight excluding hydrogens is 164 g/mol. The highest BCUT2D eigenvalue weighted by molar-refractivity contribution is 6.00. The van der Waals surface area contributed by atoms with Crippen molar-refractivity contribution in [3.8, 4) is 0 Å². The number of aromatic nitrogens is 1. The van der Waals surface area contributed by atoms with E-state index < -0.39 is 0 Å².